The van der Waals surface area contributed by atoms with E-state index in [1.54, 1.807) is 18.4 Å². The van der Waals surface area contributed by atoms with E-state index < -0.39 is 0 Å². The molecule has 0 aliphatic heterocycles. The van der Waals surface area contributed by atoms with Crippen LogP contribution in [0.4, 0.5) is 5.00 Å². The molecule has 0 spiro atoms. The molecule has 0 amide bonds. The van der Waals surface area contributed by atoms with E-state index >= 15 is 0 Å². The van der Waals surface area contributed by atoms with Crippen molar-refractivity contribution in [1.82, 2.24) is 4.98 Å². The Labute approximate surface area is 127 Å². The topological polar surface area (TPSA) is 48.1 Å². The summed E-state index contributed by atoms with van der Waals surface area (Å²) in [5.74, 6) is 1.52. The number of hydrogen-bond acceptors (Lipinski definition) is 4. The van der Waals surface area contributed by atoms with Crippen molar-refractivity contribution in [3.05, 3.63) is 41.4 Å². The lowest BCUT2D eigenvalue weighted by atomic mass is 10.0. The summed E-state index contributed by atoms with van der Waals surface area (Å²) in [4.78, 5) is 4.75. The van der Waals surface area contributed by atoms with Gasteiger partial charge in [-0.25, -0.2) is 4.98 Å². The number of benzene rings is 2. The molecule has 2 N–H and O–H groups in total. The highest BCUT2D eigenvalue weighted by molar-refractivity contribution is 7.16. The molecule has 21 heavy (non-hydrogen) atoms. The standard InChI is InChI=1S/C17H16N2OS/c1-20-14-7-6-11-8-13(5-4-12(11)9-14)15-16(18)21-17(19-15)10-2-3-10/h4-10H,2-3,18H2,1H3. The molecule has 1 aliphatic carbocycles. The maximum absolute atomic E-state index is 6.16. The molecule has 3 nitrogen and oxygen atoms in total. The van der Waals surface area contributed by atoms with Gasteiger partial charge in [0, 0.05) is 11.5 Å². The number of thiazole rings is 1. The Kier molecular flexibility index (Phi) is 2.86. The van der Waals surface area contributed by atoms with E-state index in [4.69, 9.17) is 15.5 Å². The van der Waals surface area contributed by atoms with Gasteiger partial charge >= 0.3 is 0 Å². The smallest absolute Gasteiger partial charge is 0.119 e. The summed E-state index contributed by atoms with van der Waals surface area (Å²) in [6, 6.07) is 12.4. The van der Waals surface area contributed by atoms with Crippen LogP contribution < -0.4 is 10.5 Å². The van der Waals surface area contributed by atoms with Crippen LogP contribution in [0.5, 0.6) is 5.75 Å². The summed E-state index contributed by atoms with van der Waals surface area (Å²) >= 11 is 1.64. The van der Waals surface area contributed by atoms with Crippen molar-refractivity contribution < 1.29 is 4.74 Å². The molecule has 1 heterocycles. The second-order valence-corrected chi connectivity index (χ2v) is 6.53. The molecule has 1 saturated carbocycles. The fourth-order valence-electron chi connectivity index (χ4n) is 2.56. The summed E-state index contributed by atoms with van der Waals surface area (Å²) in [7, 11) is 1.69. The first-order chi connectivity index (χ1) is 10.2. The number of rotatable bonds is 3. The molecule has 4 rings (SSSR count). The first kappa shape index (κ1) is 12.7. The zero-order valence-corrected chi connectivity index (χ0v) is 12.6. The number of methoxy groups -OCH3 is 1. The number of ether oxygens (including phenoxy) is 1. The number of fused-ring (bicyclic) bond motifs is 1. The summed E-state index contributed by atoms with van der Waals surface area (Å²) in [6.07, 6.45) is 2.51. The first-order valence-electron chi connectivity index (χ1n) is 7.09. The molecule has 0 bridgehead atoms. The van der Waals surface area contributed by atoms with Crippen LogP contribution in [0, 0.1) is 0 Å². The third-order valence-corrected chi connectivity index (χ3v) is 4.96. The maximum Gasteiger partial charge on any atom is 0.119 e. The van der Waals surface area contributed by atoms with Gasteiger partial charge in [0.1, 0.15) is 16.4 Å². The second kappa shape index (κ2) is 4.74. The molecule has 3 aromatic rings. The van der Waals surface area contributed by atoms with Crippen molar-refractivity contribution in [2.45, 2.75) is 18.8 Å². The monoisotopic (exact) mass is 296 g/mol. The summed E-state index contributed by atoms with van der Waals surface area (Å²) in [6.45, 7) is 0. The molecular weight excluding hydrogens is 280 g/mol. The van der Waals surface area contributed by atoms with Gasteiger partial charge in [0.25, 0.3) is 0 Å². The number of anilines is 1. The number of nitrogens with zero attached hydrogens (tertiary/aromatic N) is 1. The molecular formula is C17H16N2OS. The Hall–Kier alpha value is -2.07. The summed E-state index contributed by atoms with van der Waals surface area (Å²) < 4.78 is 5.26. The number of aromatic nitrogens is 1. The van der Waals surface area contributed by atoms with Crippen molar-refractivity contribution in [3.63, 3.8) is 0 Å². The predicted molar refractivity (Wildman–Crippen MR) is 88.0 cm³/mol. The van der Waals surface area contributed by atoms with Gasteiger partial charge in [-0.2, -0.15) is 0 Å². The fourth-order valence-corrected chi connectivity index (χ4v) is 3.58. The lowest BCUT2D eigenvalue weighted by Crippen LogP contribution is -1.87. The van der Waals surface area contributed by atoms with E-state index in [0.717, 1.165) is 27.4 Å². The summed E-state index contributed by atoms with van der Waals surface area (Å²) in [5.41, 5.74) is 8.19. The Morgan fingerprint density at radius 2 is 1.90 bits per heavy atom. The first-order valence-corrected chi connectivity index (χ1v) is 7.90. The second-order valence-electron chi connectivity index (χ2n) is 5.47. The minimum Gasteiger partial charge on any atom is -0.497 e. The van der Waals surface area contributed by atoms with E-state index in [9.17, 15) is 0 Å². The van der Waals surface area contributed by atoms with Gasteiger partial charge in [0.15, 0.2) is 0 Å². The van der Waals surface area contributed by atoms with Gasteiger partial charge in [-0.05, 0) is 41.8 Å². The van der Waals surface area contributed by atoms with Crippen molar-refractivity contribution in [3.8, 4) is 17.0 Å². The largest absolute Gasteiger partial charge is 0.497 e. The quantitative estimate of drug-likeness (QED) is 0.777. The van der Waals surface area contributed by atoms with E-state index in [-0.39, 0.29) is 0 Å². The van der Waals surface area contributed by atoms with Crippen LogP contribution in [0.1, 0.15) is 23.8 Å². The fraction of sp³-hybridized carbons (Fsp3) is 0.235. The van der Waals surface area contributed by atoms with E-state index in [1.165, 1.54) is 23.2 Å². The van der Waals surface area contributed by atoms with Crippen LogP contribution in [-0.4, -0.2) is 12.1 Å². The van der Waals surface area contributed by atoms with Crippen LogP contribution in [0.3, 0.4) is 0 Å². The van der Waals surface area contributed by atoms with Gasteiger partial charge in [0.05, 0.1) is 12.1 Å². The highest BCUT2D eigenvalue weighted by Gasteiger charge is 2.28. The van der Waals surface area contributed by atoms with Crippen LogP contribution >= 0.6 is 11.3 Å². The predicted octanol–water partition coefficient (Wildman–Crippen LogP) is 4.43. The normalized spacial score (nSPS) is 14.5. The highest BCUT2D eigenvalue weighted by atomic mass is 32.1. The van der Waals surface area contributed by atoms with Crippen molar-refractivity contribution in [1.29, 1.82) is 0 Å². The van der Waals surface area contributed by atoms with Gasteiger partial charge in [-0.1, -0.05) is 18.2 Å². The molecule has 0 radical (unpaired) electrons. The van der Waals surface area contributed by atoms with Gasteiger partial charge < -0.3 is 10.5 Å². The molecule has 1 fully saturated rings. The minimum absolute atomic E-state index is 0.649. The summed E-state index contributed by atoms with van der Waals surface area (Å²) in [5, 5.41) is 4.35. The Morgan fingerprint density at radius 1 is 1.14 bits per heavy atom. The van der Waals surface area contributed by atoms with Crippen LogP contribution in [0.25, 0.3) is 22.0 Å². The lowest BCUT2D eigenvalue weighted by Gasteiger charge is -2.05. The third kappa shape index (κ3) is 2.25. The average Bonchev–Trinajstić information content (AvgIpc) is 3.29. The SMILES string of the molecule is COc1ccc2cc(-c3nc(C4CC4)sc3N)ccc2c1. The minimum atomic E-state index is 0.649. The van der Waals surface area contributed by atoms with Crippen molar-refractivity contribution >= 4 is 27.1 Å². The van der Waals surface area contributed by atoms with Gasteiger partial charge in [-0.15, -0.1) is 11.3 Å². The average molecular weight is 296 g/mol. The molecule has 0 unspecified atom stereocenters. The van der Waals surface area contributed by atoms with Crippen LogP contribution in [0.2, 0.25) is 0 Å². The number of nitrogen functional groups attached to an aromatic ring is 1. The molecule has 1 aliphatic rings. The van der Waals surface area contributed by atoms with Gasteiger partial charge in [-0.3, -0.25) is 0 Å². The van der Waals surface area contributed by atoms with E-state index in [0.29, 0.717) is 5.92 Å². The molecule has 0 atom stereocenters. The van der Waals surface area contributed by atoms with Crippen molar-refractivity contribution in [2.24, 2.45) is 0 Å². The third-order valence-electron chi connectivity index (χ3n) is 3.92. The Bertz CT molecular complexity index is 821. The Balaban J connectivity index is 1.79. The number of hydrogen-bond donors (Lipinski definition) is 1. The zero-order valence-electron chi connectivity index (χ0n) is 11.8. The molecule has 1 aromatic heterocycles. The van der Waals surface area contributed by atoms with E-state index in [2.05, 4.69) is 24.3 Å². The Morgan fingerprint density at radius 3 is 2.67 bits per heavy atom. The molecule has 4 heteroatoms. The molecule has 2 aromatic carbocycles. The highest BCUT2D eigenvalue weighted by Crippen LogP contribution is 2.45. The maximum atomic E-state index is 6.16. The van der Waals surface area contributed by atoms with Crippen LogP contribution in [0.15, 0.2) is 36.4 Å². The lowest BCUT2D eigenvalue weighted by molar-refractivity contribution is 0.415. The zero-order chi connectivity index (χ0) is 14.4. The van der Waals surface area contributed by atoms with Crippen LogP contribution in [-0.2, 0) is 0 Å². The molecule has 106 valence electrons. The van der Waals surface area contributed by atoms with E-state index in [1.807, 2.05) is 12.1 Å². The van der Waals surface area contributed by atoms with Gasteiger partial charge in [0.2, 0.25) is 0 Å². The van der Waals surface area contributed by atoms with Crippen molar-refractivity contribution in [2.75, 3.05) is 12.8 Å². The number of nitrogens with two attached hydrogens (primary N) is 1. The molecule has 0 saturated heterocycles.